The van der Waals surface area contributed by atoms with Crippen molar-refractivity contribution in [1.82, 2.24) is 10.6 Å². The number of alkyl carbamates (subject to hydrolysis) is 1. The van der Waals surface area contributed by atoms with Crippen molar-refractivity contribution >= 4 is 18.0 Å². The number of methoxy groups -OCH3 is 1. The van der Waals surface area contributed by atoms with Gasteiger partial charge in [-0.2, -0.15) is 0 Å². The Kier molecular flexibility index (Phi) is 8.59. The van der Waals surface area contributed by atoms with Crippen LogP contribution in [0.5, 0.6) is 0 Å². The van der Waals surface area contributed by atoms with Crippen LogP contribution >= 0.6 is 0 Å². The molecule has 204 valence electrons. The molecule has 0 radical (unpaired) electrons. The van der Waals surface area contributed by atoms with E-state index in [0.29, 0.717) is 0 Å². The quantitative estimate of drug-likeness (QED) is 0.240. The van der Waals surface area contributed by atoms with Gasteiger partial charge in [-0.15, -0.1) is 0 Å². The van der Waals surface area contributed by atoms with Crippen LogP contribution in [0.4, 0.5) is 4.79 Å². The number of esters is 1. The fraction of sp³-hybridized carbons (Fsp3) is 0.423. The molecule has 0 spiro atoms. The summed E-state index contributed by atoms with van der Waals surface area (Å²) in [4.78, 5) is 37.5. The largest absolute Gasteiger partial charge is 0.467 e. The number of nitrogens with one attached hydrogen (secondary N) is 2. The Balaban J connectivity index is 1.37. The first-order valence-electron chi connectivity index (χ1n) is 12.0. The number of amides is 2. The Hall–Kier alpha value is -3.55. The molecule has 0 bridgehead atoms. The minimum atomic E-state index is -1.71. The summed E-state index contributed by atoms with van der Waals surface area (Å²) in [6, 6.07) is 14.1. The van der Waals surface area contributed by atoms with E-state index in [0.717, 1.165) is 29.4 Å². The average Bonchev–Trinajstić information content (AvgIpc) is 3.25. The lowest BCUT2D eigenvalue weighted by Gasteiger charge is -2.40. The molecule has 4 unspecified atom stereocenters. The molecule has 1 aliphatic carbocycles. The van der Waals surface area contributed by atoms with Crippen LogP contribution in [0.1, 0.15) is 23.5 Å². The Morgan fingerprint density at radius 2 is 1.55 bits per heavy atom. The van der Waals surface area contributed by atoms with Gasteiger partial charge in [0.25, 0.3) is 0 Å². The third-order valence-electron chi connectivity index (χ3n) is 6.71. The number of ether oxygens (including phenoxy) is 3. The third kappa shape index (κ3) is 5.64. The van der Waals surface area contributed by atoms with E-state index in [1.165, 1.54) is 0 Å². The van der Waals surface area contributed by atoms with Crippen LogP contribution < -0.4 is 10.6 Å². The number of hydrogen-bond acceptors (Lipinski definition) is 10. The Labute approximate surface area is 218 Å². The van der Waals surface area contributed by atoms with Gasteiger partial charge < -0.3 is 45.3 Å². The molecular weight excluding hydrogens is 500 g/mol. The summed E-state index contributed by atoms with van der Waals surface area (Å²) in [7, 11) is 1.09. The second-order valence-corrected chi connectivity index (χ2v) is 9.07. The molecule has 38 heavy (non-hydrogen) atoms. The van der Waals surface area contributed by atoms with E-state index < -0.39 is 67.7 Å². The van der Waals surface area contributed by atoms with E-state index in [1.54, 1.807) is 0 Å². The first kappa shape index (κ1) is 27.5. The minimum absolute atomic E-state index is 0.00911. The molecule has 2 amide bonds. The highest BCUT2D eigenvalue weighted by atomic mass is 16.6. The van der Waals surface area contributed by atoms with Crippen LogP contribution in [0, 0.1) is 0 Å². The fourth-order valence-electron chi connectivity index (χ4n) is 4.74. The number of carbonyl (C=O) groups excluding carboxylic acids is 3. The maximum atomic E-state index is 12.6. The summed E-state index contributed by atoms with van der Waals surface area (Å²) in [6.07, 6.45) is -9.25. The molecule has 1 aliphatic heterocycles. The van der Waals surface area contributed by atoms with Gasteiger partial charge in [0, 0.05) is 5.92 Å². The molecule has 0 aromatic heterocycles. The van der Waals surface area contributed by atoms with Gasteiger partial charge in [0.15, 0.2) is 6.23 Å². The second-order valence-electron chi connectivity index (χ2n) is 9.07. The molecule has 6 atom stereocenters. The molecular formula is C26H30N2O10. The molecule has 1 fully saturated rings. The Morgan fingerprint density at radius 1 is 0.947 bits per heavy atom. The van der Waals surface area contributed by atoms with Crippen LogP contribution in [0.25, 0.3) is 11.1 Å². The highest BCUT2D eigenvalue weighted by molar-refractivity contribution is 5.88. The highest BCUT2D eigenvalue weighted by Gasteiger charge is 2.44. The summed E-state index contributed by atoms with van der Waals surface area (Å²) in [5.41, 5.74) is 4.11. The molecule has 4 rings (SSSR count). The van der Waals surface area contributed by atoms with E-state index in [4.69, 9.17) is 9.47 Å². The first-order chi connectivity index (χ1) is 18.2. The van der Waals surface area contributed by atoms with Gasteiger partial charge in [-0.3, -0.25) is 4.79 Å². The standard InChI is InChI=1S/C26H30N2O10/c1-36-25(34)18(10-20(30)28-24-23(33)22(32)21(31)19(11-29)38-24)27-26(35)37-12-17-15-8-4-2-6-13(15)14-7-3-5-9-16(14)17/h2-9,17-19,21-24,29,31-33H,10-12H2,1H3,(H,27,35)(H,28,30)/t18?,19?,21-,22?,23?,24-/m1/s1. The molecule has 6 N–H and O–H groups in total. The Bertz CT molecular complexity index is 1130. The van der Waals surface area contributed by atoms with Crippen molar-refractivity contribution in [2.75, 3.05) is 20.3 Å². The molecule has 12 nitrogen and oxygen atoms in total. The lowest BCUT2D eigenvalue weighted by Crippen LogP contribution is -2.63. The number of carbonyl (C=O) groups is 3. The SMILES string of the molecule is COC(=O)C(CC(=O)N[C@@H]1OC(CO)[C@@H](O)C(O)C1O)NC(=O)OCC1c2ccccc2-c2ccccc21. The summed E-state index contributed by atoms with van der Waals surface area (Å²) in [5, 5.41) is 43.8. The van der Waals surface area contributed by atoms with Crippen LogP contribution in [0.15, 0.2) is 48.5 Å². The molecule has 12 heteroatoms. The van der Waals surface area contributed by atoms with Crippen molar-refractivity contribution < 1.29 is 49.0 Å². The second kappa shape index (κ2) is 11.9. The number of fused-ring (bicyclic) bond motifs is 3. The fourth-order valence-corrected chi connectivity index (χ4v) is 4.74. The molecule has 2 aliphatic rings. The van der Waals surface area contributed by atoms with E-state index in [1.807, 2.05) is 48.5 Å². The predicted molar refractivity (Wildman–Crippen MR) is 131 cm³/mol. The molecule has 1 heterocycles. The minimum Gasteiger partial charge on any atom is -0.467 e. The third-order valence-corrected chi connectivity index (χ3v) is 6.71. The van der Waals surface area contributed by atoms with Crippen molar-refractivity contribution in [3.63, 3.8) is 0 Å². The monoisotopic (exact) mass is 530 g/mol. The first-order valence-corrected chi connectivity index (χ1v) is 12.0. The van der Waals surface area contributed by atoms with Gasteiger partial charge in [0.05, 0.1) is 20.1 Å². The summed E-state index contributed by atoms with van der Waals surface area (Å²) < 4.78 is 15.3. The number of aliphatic hydroxyl groups excluding tert-OH is 4. The van der Waals surface area contributed by atoms with Crippen LogP contribution in [0.2, 0.25) is 0 Å². The van der Waals surface area contributed by atoms with Gasteiger partial charge in [-0.1, -0.05) is 48.5 Å². The van der Waals surface area contributed by atoms with E-state index in [-0.39, 0.29) is 12.5 Å². The summed E-state index contributed by atoms with van der Waals surface area (Å²) >= 11 is 0. The lowest BCUT2D eigenvalue weighted by atomic mass is 9.98. The number of aliphatic hydroxyl groups is 4. The smallest absolute Gasteiger partial charge is 0.407 e. The van der Waals surface area contributed by atoms with E-state index >= 15 is 0 Å². The van der Waals surface area contributed by atoms with Gasteiger partial charge in [-0.25, -0.2) is 9.59 Å². The van der Waals surface area contributed by atoms with Gasteiger partial charge in [0.2, 0.25) is 5.91 Å². The molecule has 1 saturated heterocycles. The van der Waals surface area contributed by atoms with Gasteiger partial charge in [-0.05, 0) is 22.3 Å². The highest BCUT2D eigenvalue weighted by Crippen LogP contribution is 2.44. The normalized spacial score (nSPS) is 25.0. The zero-order valence-electron chi connectivity index (χ0n) is 20.5. The topological polar surface area (TPSA) is 184 Å². The van der Waals surface area contributed by atoms with E-state index in [9.17, 15) is 34.8 Å². The zero-order chi connectivity index (χ0) is 27.4. The van der Waals surface area contributed by atoms with Gasteiger partial charge in [0.1, 0.15) is 37.1 Å². The Morgan fingerprint density at radius 3 is 2.13 bits per heavy atom. The van der Waals surface area contributed by atoms with Crippen molar-refractivity contribution in [2.24, 2.45) is 0 Å². The molecule has 2 aromatic rings. The molecule has 2 aromatic carbocycles. The lowest BCUT2D eigenvalue weighted by molar-refractivity contribution is -0.236. The van der Waals surface area contributed by atoms with Crippen molar-refractivity contribution in [3.8, 4) is 11.1 Å². The zero-order valence-corrected chi connectivity index (χ0v) is 20.5. The van der Waals surface area contributed by atoms with Gasteiger partial charge >= 0.3 is 12.1 Å². The average molecular weight is 531 g/mol. The van der Waals surface area contributed by atoms with Crippen LogP contribution in [-0.4, -0.2) is 95.4 Å². The van der Waals surface area contributed by atoms with Crippen LogP contribution in [-0.2, 0) is 23.8 Å². The molecule has 0 saturated carbocycles. The number of benzene rings is 2. The van der Waals surface area contributed by atoms with Crippen molar-refractivity contribution in [1.29, 1.82) is 0 Å². The summed E-state index contributed by atoms with van der Waals surface area (Å²) in [6.45, 7) is -0.684. The number of hydrogen-bond donors (Lipinski definition) is 6. The summed E-state index contributed by atoms with van der Waals surface area (Å²) in [5.74, 6) is -1.97. The van der Waals surface area contributed by atoms with Crippen molar-refractivity contribution in [2.45, 2.75) is 49.0 Å². The maximum Gasteiger partial charge on any atom is 0.407 e. The number of rotatable bonds is 8. The van der Waals surface area contributed by atoms with Crippen LogP contribution in [0.3, 0.4) is 0 Å². The van der Waals surface area contributed by atoms with Crippen molar-refractivity contribution in [3.05, 3.63) is 59.7 Å². The predicted octanol–water partition coefficient (Wildman–Crippen LogP) is -0.627. The maximum absolute atomic E-state index is 12.6. The van der Waals surface area contributed by atoms with E-state index in [2.05, 4.69) is 15.4 Å².